The molecule has 1 amide bonds. The third-order valence-electron chi connectivity index (χ3n) is 4.40. The summed E-state index contributed by atoms with van der Waals surface area (Å²) >= 11 is 3.58. The summed E-state index contributed by atoms with van der Waals surface area (Å²) < 4.78 is 3.00. The first kappa shape index (κ1) is 20.6. The minimum atomic E-state index is -0.0798. The monoisotopic (exact) mass is 526 g/mol. The number of rotatable bonds is 6. The highest BCUT2D eigenvalue weighted by atomic mass is 127. The first-order chi connectivity index (χ1) is 14.6. The van der Waals surface area contributed by atoms with Crippen LogP contribution in [0, 0.1) is 10.5 Å². The molecular formula is C23H19IN4OS. The lowest BCUT2D eigenvalue weighted by Crippen LogP contribution is -2.15. The van der Waals surface area contributed by atoms with Crippen LogP contribution in [0.4, 0.5) is 5.69 Å². The van der Waals surface area contributed by atoms with E-state index >= 15 is 0 Å². The Morgan fingerprint density at radius 3 is 2.53 bits per heavy atom. The van der Waals surface area contributed by atoms with Crippen molar-refractivity contribution >= 4 is 45.9 Å². The molecule has 1 aromatic heterocycles. The molecular weight excluding hydrogens is 507 g/mol. The first-order valence-corrected chi connectivity index (χ1v) is 11.4. The number of anilines is 1. The van der Waals surface area contributed by atoms with E-state index in [1.165, 1.54) is 11.8 Å². The van der Waals surface area contributed by atoms with Crippen LogP contribution in [-0.2, 0) is 4.79 Å². The molecule has 30 heavy (non-hydrogen) atoms. The van der Waals surface area contributed by atoms with Crippen LogP contribution in [0.3, 0.4) is 0 Å². The fourth-order valence-corrected chi connectivity index (χ4v) is 4.30. The minimum Gasteiger partial charge on any atom is -0.324 e. The zero-order valence-corrected chi connectivity index (χ0v) is 19.2. The minimum absolute atomic E-state index is 0.0798. The maximum absolute atomic E-state index is 12.5. The van der Waals surface area contributed by atoms with Crippen molar-refractivity contribution in [2.45, 2.75) is 12.1 Å². The molecule has 0 fully saturated rings. The second kappa shape index (κ2) is 9.44. The normalized spacial score (nSPS) is 10.7. The van der Waals surface area contributed by atoms with E-state index in [1.54, 1.807) is 0 Å². The van der Waals surface area contributed by atoms with Crippen LogP contribution in [-0.4, -0.2) is 26.4 Å². The Hall–Kier alpha value is -2.65. The number of aromatic nitrogens is 3. The van der Waals surface area contributed by atoms with Gasteiger partial charge in [-0.3, -0.25) is 9.36 Å². The maximum Gasteiger partial charge on any atom is 0.234 e. The number of hydrogen-bond acceptors (Lipinski definition) is 4. The number of carbonyl (C=O) groups excluding carboxylic acids is 1. The molecule has 4 aromatic rings. The second-order valence-corrected chi connectivity index (χ2v) is 8.77. The lowest BCUT2D eigenvalue weighted by atomic mass is 10.1. The predicted octanol–water partition coefficient (Wildman–Crippen LogP) is 5.58. The highest BCUT2D eigenvalue weighted by molar-refractivity contribution is 14.1. The summed E-state index contributed by atoms with van der Waals surface area (Å²) in [6, 6.07) is 25.8. The van der Waals surface area contributed by atoms with Crippen LogP contribution in [0.25, 0.3) is 17.1 Å². The van der Waals surface area contributed by atoms with Gasteiger partial charge in [-0.25, -0.2) is 0 Å². The average molecular weight is 526 g/mol. The van der Waals surface area contributed by atoms with Gasteiger partial charge in [-0.15, -0.1) is 10.2 Å². The molecule has 0 aliphatic rings. The van der Waals surface area contributed by atoms with Crippen molar-refractivity contribution in [1.82, 2.24) is 14.8 Å². The number of hydrogen-bond donors (Lipinski definition) is 1. The van der Waals surface area contributed by atoms with E-state index in [0.717, 1.165) is 31.9 Å². The lowest BCUT2D eigenvalue weighted by molar-refractivity contribution is -0.113. The zero-order valence-electron chi connectivity index (χ0n) is 16.2. The van der Waals surface area contributed by atoms with Gasteiger partial charge in [0.05, 0.1) is 11.4 Å². The molecule has 0 saturated carbocycles. The molecule has 1 heterocycles. The Morgan fingerprint density at radius 1 is 1.00 bits per heavy atom. The van der Waals surface area contributed by atoms with E-state index < -0.39 is 0 Å². The molecule has 0 bridgehead atoms. The Labute approximate surface area is 193 Å². The molecule has 0 unspecified atom stereocenters. The number of amides is 1. The van der Waals surface area contributed by atoms with Gasteiger partial charge in [-0.1, -0.05) is 65.9 Å². The summed E-state index contributed by atoms with van der Waals surface area (Å²) in [5, 5.41) is 12.5. The molecule has 150 valence electrons. The van der Waals surface area contributed by atoms with Crippen LogP contribution in [0.15, 0.2) is 84.0 Å². The Balaban J connectivity index is 1.60. The van der Waals surface area contributed by atoms with Crippen molar-refractivity contribution < 1.29 is 4.79 Å². The number of aryl methyl sites for hydroxylation is 1. The summed E-state index contributed by atoms with van der Waals surface area (Å²) in [4.78, 5) is 12.5. The van der Waals surface area contributed by atoms with Crippen LogP contribution in [0.5, 0.6) is 0 Å². The predicted molar refractivity (Wildman–Crippen MR) is 130 cm³/mol. The van der Waals surface area contributed by atoms with E-state index in [2.05, 4.69) is 57.2 Å². The smallest absolute Gasteiger partial charge is 0.234 e. The number of para-hydroxylation sites is 2. The standard InChI is InChI=1S/C23H19IN4OS/c1-16-8-7-9-17(14-16)22-26-27-23(28(22)18-10-3-2-4-11-18)30-15-21(29)25-20-13-6-5-12-19(20)24/h2-14H,15H2,1H3,(H,25,29). The fourth-order valence-electron chi connectivity index (χ4n) is 3.02. The van der Waals surface area contributed by atoms with Gasteiger partial charge in [-0.05, 0) is 59.8 Å². The Bertz CT molecular complexity index is 1180. The van der Waals surface area contributed by atoms with Crippen molar-refractivity contribution in [3.63, 3.8) is 0 Å². The molecule has 0 saturated heterocycles. The van der Waals surface area contributed by atoms with E-state index in [-0.39, 0.29) is 11.7 Å². The first-order valence-electron chi connectivity index (χ1n) is 9.37. The number of benzene rings is 3. The second-order valence-electron chi connectivity index (χ2n) is 6.66. The number of nitrogens with zero attached hydrogens (tertiary/aromatic N) is 3. The molecule has 3 aromatic carbocycles. The van der Waals surface area contributed by atoms with Gasteiger partial charge in [0.25, 0.3) is 0 Å². The highest BCUT2D eigenvalue weighted by Crippen LogP contribution is 2.28. The van der Waals surface area contributed by atoms with Crippen molar-refractivity contribution in [3.8, 4) is 17.1 Å². The largest absolute Gasteiger partial charge is 0.324 e. The van der Waals surface area contributed by atoms with Gasteiger partial charge in [-0.2, -0.15) is 0 Å². The fraction of sp³-hybridized carbons (Fsp3) is 0.0870. The lowest BCUT2D eigenvalue weighted by Gasteiger charge is -2.11. The number of thioether (sulfide) groups is 1. The average Bonchev–Trinajstić information content (AvgIpc) is 3.18. The highest BCUT2D eigenvalue weighted by Gasteiger charge is 2.17. The van der Waals surface area contributed by atoms with Crippen molar-refractivity contribution in [2.75, 3.05) is 11.1 Å². The van der Waals surface area contributed by atoms with Crippen LogP contribution in [0.1, 0.15) is 5.56 Å². The summed E-state index contributed by atoms with van der Waals surface area (Å²) in [5.41, 5.74) is 3.91. The molecule has 0 spiro atoms. The molecule has 0 aliphatic carbocycles. The van der Waals surface area contributed by atoms with Gasteiger partial charge < -0.3 is 5.32 Å². The van der Waals surface area contributed by atoms with Gasteiger partial charge in [0.2, 0.25) is 5.91 Å². The summed E-state index contributed by atoms with van der Waals surface area (Å²) in [7, 11) is 0. The van der Waals surface area contributed by atoms with Gasteiger partial charge in [0.1, 0.15) is 0 Å². The van der Waals surface area contributed by atoms with E-state index in [1.807, 2.05) is 71.3 Å². The molecule has 4 rings (SSSR count). The van der Waals surface area contributed by atoms with Gasteiger partial charge in [0, 0.05) is 14.8 Å². The quantitative estimate of drug-likeness (QED) is 0.263. The van der Waals surface area contributed by atoms with Gasteiger partial charge >= 0.3 is 0 Å². The number of halogens is 1. The molecule has 7 heteroatoms. The molecule has 0 aliphatic heterocycles. The number of carbonyl (C=O) groups is 1. The van der Waals surface area contributed by atoms with Crippen molar-refractivity contribution in [3.05, 3.63) is 88.0 Å². The maximum atomic E-state index is 12.5. The molecule has 0 atom stereocenters. The van der Waals surface area contributed by atoms with E-state index in [9.17, 15) is 4.79 Å². The molecule has 5 nitrogen and oxygen atoms in total. The van der Waals surface area contributed by atoms with Crippen LogP contribution < -0.4 is 5.32 Å². The van der Waals surface area contributed by atoms with E-state index in [4.69, 9.17) is 0 Å². The summed E-state index contributed by atoms with van der Waals surface area (Å²) in [6.07, 6.45) is 0. The Kier molecular flexibility index (Phi) is 6.49. The van der Waals surface area contributed by atoms with Gasteiger partial charge in [0.15, 0.2) is 11.0 Å². The van der Waals surface area contributed by atoms with Crippen LogP contribution in [0.2, 0.25) is 0 Å². The summed E-state index contributed by atoms with van der Waals surface area (Å²) in [5.74, 6) is 0.915. The third kappa shape index (κ3) is 4.73. The third-order valence-corrected chi connectivity index (χ3v) is 6.27. The molecule has 1 N–H and O–H groups in total. The topological polar surface area (TPSA) is 59.8 Å². The Morgan fingerprint density at radius 2 is 1.77 bits per heavy atom. The van der Waals surface area contributed by atoms with Crippen molar-refractivity contribution in [1.29, 1.82) is 0 Å². The van der Waals surface area contributed by atoms with E-state index in [0.29, 0.717) is 5.16 Å². The summed E-state index contributed by atoms with van der Waals surface area (Å²) in [6.45, 7) is 2.05. The zero-order chi connectivity index (χ0) is 20.9. The molecule has 0 radical (unpaired) electrons. The SMILES string of the molecule is Cc1cccc(-c2nnc(SCC(=O)Nc3ccccc3I)n2-c2ccccc2)c1. The van der Waals surface area contributed by atoms with Crippen molar-refractivity contribution in [2.24, 2.45) is 0 Å². The number of nitrogens with one attached hydrogen (secondary N) is 1. The van der Waals surface area contributed by atoms with Crippen LogP contribution >= 0.6 is 34.4 Å².